The lowest BCUT2D eigenvalue weighted by Gasteiger charge is -2.35. The van der Waals surface area contributed by atoms with Gasteiger partial charge in [-0.1, -0.05) is 11.6 Å². The van der Waals surface area contributed by atoms with Crippen LogP contribution in [0.2, 0.25) is 0 Å². The third-order valence-corrected chi connectivity index (χ3v) is 4.03. The molecule has 2 rings (SSSR count). The van der Waals surface area contributed by atoms with Crippen LogP contribution in [0.1, 0.15) is 39.5 Å². The van der Waals surface area contributed by atoms with Crippen LogP contribution in [0.5, 0.6) is 0 Å². The molecule has 1 fully saturated rings. The number of hydrogen-bond acceptors (Lipinski definition) is 3. The van der Waals surface area contributed by atoms with E-state index in [9.17, 15) is 0 Å². The highest BCUT2D eigenvalue weighted by molar-refractivity contribution is 5.07. The van der Waals surface area contributed by atoms with Crippen molar-refractivity contribution in [1.29, 1.82) is 0 Å². The molecule has 0 amide bonds. The minimum Gasteiger partial charge on any atom is -0.374 e. The molecule has 1 aliphatic heterocycles. The molecule has 3 nitrogen and oxygen atoms in total. The smallest absolute Gasteiger partial charge is 0.0826 e. The van der Waals surface area contributed by atoms with Crippen LogP contribution in [0.15, 0.2) is 11.6 Å². The van der Waals surface area contributed by atoms with Crippen LogP contribution in [-0.4, -0.2) is 49.8 Å². The average molecular weight is 252 g/mol. The lowest BCUT2D eigenvalue weighted by molar-refractivity contribution is -0.0370. The summed E-state index contributed by atoms with van der Waals surface area (Å²) in [7, 11) is 0. The van der Waals surface area contributed by atoms with Crippen LogP contribution in [0.25, 0.3) is 0 Å². The largest absolute Gasteiger partial charge is 0.374 e. The zero-order chi connectivity index (χ0) is 12.8. The van der Waals surface area contributed by atoms with Crippen molar-refractivity contribution in [1.82, 2.24) is 10.2 Å². The third-order valence-electron chi connectivity index (χ3n) is 4.03. The van der Waals surface area contributed by atoms with Gasteiger partial charge in [-0.15, -0.1) is 0 Å². The topological polar surface area (TPSA) is 24.5 Å². The van der Waals surface area contributed by atoms with Crippen LogP contribution >= 0.6 is 0 Å². The molecule has 1 N–H and O–H groups in total. The minimum atomic E-state index is 0.374. The zero-order valence-electron chi connectivity index (χ0n) is 12.0. The van der Waals surface area contributed by atoms with Gasteiger partial charge in [0, 0.05) is 25.7 Å². The summed E-state index contributed by atoms with van der Waals surface area (Å²) in [5.74, 6) is 0. The predicted molar refractivity (Wildman–Crippen MR) is 75.9 cm³/mol. The Bertz CT molecular complexity index is 276. The summed E-state index contributed by atoms with van der Waals surface area (Å²) in [4.78, 5) is 2.51. The Balaban J connectivity index is 1.58. The molecule has 104 valence electrons. The Morgan fingerprint density at radius 3 is 3.11 bits per heavy atom. The van der Waals surface area contributed by atoms with E-state index >= 15 is 0 Å². The van der Waals surface area contributed by atoms with Crippen LogP contribution in [0.4, 0.5) is 0 Å². The summed E-state index contributed by atoms with van der Waals surface area (Å²) in [5, 5.41) is 3.55. The SMILES string of the molecule is CC(C)N1CCOC(CNCCC2=CCCC2)C1. The van der Waals surface area contributed by atoms with Gasteiger partial charge < -0.3 is 10.1 Å². The molecule has 1 saturated heterocycles. The number of rotatable bonds is 6. The number of ether oxygens (including phenoxy) is 1. The molecule has 0 spiro atoms. The van der Waals surface area contributed by atoms with Gasteiger partial charge in [0.2, 0.25) is 0 Å². The molecule has 0 bridgehead atoms. The average Bonchev–Trinajstić information content (AvgIpc) is 2.88. The van der Waals surface area contributed by atoms with Crippen LogP contribution in [0, 0.1) is 0 Å². The maximum absolute atomic E-state index is 5.81. The van der Waals surface area contributed by atoms with Crippen LogP contribution in [0.3, 0.4) is 0 Å². The molecular formula is C15H28N2O. The second kappa shape index (κ2) is 7.27. The summed E-state index contributed by atoms with van der Waals surface area (Å²) in [6.07, 6.45) is 8.00. The molecule has 2 aliphatic rings. The van der Waals surface area contributed by atoms with Gasteiger partial charge in [-0.2, -0.15) is 0 Å². The Hall–Kier alpha value is -0.380. The number of morpholine rings is 1. The number of nitrogens with zero attached hydrogens (tertiary/aromatic N) is 1. The van der Waals surface area contributed by atoms with Crippen molar-refractivity contribution in [2.75, 3.05) is 32.8 Å². The quantitative estimate of drug-likeness (QED) is 0.579. The highest BCUT2D eigenvalue weighted by Crippen LogP contribution is 2.19. The highest BCUT2D eigenvalue weighted by atomic mass is 16.5. The van der Waals surface area contributed by atoms with E-state index in [0.717, 1.165) is 32.8 Å². The molecule has 0 aromatic carbocycles. The normalized spacial score (nSPS) is 25.7. The first-order valence-corrected chi connectivity index (χ1v) is 7.50. The molecule has 0 saturated carbocycles. The maximum atomic E-state index is 5.81. The standard InChI is InChI=1S/C15H28N2O/c1-13(2)17-9-10-18-15(12-17)11-16-8-7-14-5-3-4-6-14/h5,13,15-16H,3-4,6-12H2,1-2H3. The van der Waals surface area contributed by atoms with E-state index in [1.165, 1.54) is 25.7 Å². The van der Waals surface area contributed by atoms with Crippen molar-refractivity contribution in [3.8, 4) is 0 Å². The molecule has 18 heavy (non-hydrogen) atoms. The first-order chi connectivity index (χ1) is 8.75. The Kier molecular flexibility index (Phi) is 5.67. The minimum absolute atomic E-state index is 0.374. The molecule has 1 unspecified atom stereocenters. The van der Waals surface area contributed by atoms with E-state index < -0.39 is 0 Å². The molecule has 0 aromatic heterocycles. The molecule has 0 radical (unpaired) electrons. The van der Waals surface area contributed by atoms with Crippen LogP contribution in [-0.2, 0) is 4.74 Å². The highest BCUT2D eigenvalue weighted by Gasteiger charge is 2.21. The van der Waals surface area contributed by atoms with E-state index in [1.807, 2.05) is 0 Å². The lowest BCUT2D eigenvalue weighted by Crippen LogP contribution is -2.49. The summed E-state index contributed by atoms with van der Waals surface area (Å²) >= 11 is 0. The Morgan fingerprint density at radius 1 is 1.50 bits per heavy atom. The van der Waals surface area contributed by atoms with Crippen molar-refractivity contribution >= 4 is 0 Å². The number of nitrogens with one attached hydrogen (secondary N) is 1. The van der Waals surface area contributed by atoms with Gasteiger partial charge in [-0.05, 0) is 46.1 Å². The molecule has 1 atom stereocenters. The van der Waals surface area contributed by atoms with Crippen molar-refractivity contribution in [3.63, 3.8) is 0 Å². The first-order valence-electron chi connectivity index (χ1n) is 7.50. The predicted octanol–water partition coefficient (Wildman–Crippen LogP) is 2.19. The Morgan fingerprint density at radius 2 is 2.39 bits per heavy atom. The summed E-state index contributed by atoms with van der Waals surface area (Å²) in [5.41, 5.74) is 1.65. The second-order valence-electron chi connectivity index (χ2n) is 5.79. The molecule has 3 heteroatoms. The van der Waals surface area contributed by atoms with Crippen molar-refractivity contribution in [2.24, 2.45) is 0 Å². The summed E-state index contributed by atoms with van der Waals surface area (Å²) < 4.78 is 5.81. The third kappa shape index (κ3) is 4.38. The maximum Gasteiger partial charge on any atom is 0.0826 e. The van der Waals surface area contributed by atoms with Gasteiger partial charge in [-0.3, -0.25) is 4.90 Å². The van der Waals surface area contributed by atoms with Crippen molar-refractivity contribution in [3.05, 3.63) is 11.6 Å². The van der Waals surface area contributed by atoms with Crippen molar-refractivity contribution in [2.45, 2.75) is 51.7 Å². The molecule has 1 heterocycles. The first kappa shape index (κ1) is 14.0. The van der Waals surface area contributed by atoms with Crippen molar-refractivity contribution < 1.29 is 4.74 Å². The van der Waals surface area contributed by atoms with Gasteiger partial charge in [0.05, 0.1) is 12.7 Å². The van der Waals surface area contributed by atoms with E-state index in [-0.39, 0.29) is 0 Å². The number of allylic oxidation sites excluding steroid dienone is 1. The van der Waals surface area contributed by atoms with E-state index in [4.69, 9.17) is 4.74 Å². The van der Waals surface area contributed by atoms with Gasteiger partial charge >= 0.3 is 0 Å². The zero-order valence-corrected chi connectivity index (χ0v) is 12.0. The molecule has 1 aliphatic carbocycles. The van der Waals surface area contributed by atoms with Gasteiger partial charge in [-0.25, -0.2) is 0 Å². The van der Waals surface area contributed by atoms with Gasteiger partial charge in [0.25, 0.3) is 0 Å². The van der Waals surface area contributed by atoms with Crippen LogP contribution < -0.4 is 5.32 Å². The van der Waals surface area contributed by atoms with E-state index in [2.05, 4.69) is 30.1 Å². The van der Waals surface area contributed by atoms with E-state index in [1.54, 1.807) is 5.57 Å². The summed E-state index contributed by atoms with van der Waals surface area (Å²) in [6, 6.07) is 0.639. The number of hydrogen-bond donors (Lipinski definition) is 1. The Labute approximate surface area is 112 Å². The van der Waals surface area contributed by atoms with Gasteiger partial charge in [0.1, 0.15) is 0 Å². The summed E-state index contributed by atoms with van der Waals surface area (Å²) in [6.45, 7) is 9.68. The fourth-order valence-corrected chi connectivity index (χ4v) is 2.81. The van der Waals surface area contributed by atoms with Gasteiger partial charge in [0.15, 0.2) is 0 Å². The monoisotopic (exact) mass is 252 g/mol. The fraction of sp³-hybridized carbons (Fsp3) is 0.867. The van der Waals surface area contributed by atoms with E-state index in [0.29, 0.717) is 12.1 Å². The second-order valence-corrected chi connectivity index (χ2v) is 5.79. The fourth-order valence-electron chi connectivity index (χ4n) is 2.81. The molecular weight excluding hydrogens is 224 g/mol. The molecule has 0 aromatic rings. The lowest BCUT2D eigenvalue weighted by atomic mass is 10.1.